The average Bonchev–Trinajstić information content (AvgIpc) is 3.02. The largest absolute Gasteiger partial charge is 0.489 e. The minimum absolute atomic E-state index is 0.000698. The Labute approximate surface area is 180 Å². The Morgan fingerprint density at radius 1 is 1.35 bits per heavy atom. The SMILES string of the molecule is CC1CC(N)CN(c2ccncc2NC(=O)c2c(N)oc3cc(OC(C)C)cnc23)C1. The Kier molecular flexibility index (Phi) is 5.69. The molecule has 5 N–H and O–H groups in total. The summed E-state index contributed by atoms with van der Waals surface area (Å²) < 4.78 is 11.2. The van der Waals surface area contributed by atoms with Gasteiger partial charge in [0.15, 0.2) is 5.58 Å². The summed E-state index contributed by atoms with van der Waals surface area (Å²) in [6.45, 7) is 7.58. The number of carbonyl (C=O) groups is 1. The third-order valence-corrected chi connectivity index (χ3v) is 5.21. The molecule has 1 amide bonds. The van der Waals surface area contributed by atoms with Gasteiger partial charge in [0.2, 0.25) is 5.88 Å². The first-order chi connectivity index (χ1) is 14.8. The van der Waals surface area contributed by atoms with Gasteiger partial charge in [0.25, 0.3) is 5.91 Å². The molecule has 1 aliphatic heterocycles. The maximum absolute atomic E-state index is 13.1. The number of anilines is 3. The molecular formula is C22H28N6O3. The van der Waals surface area contributed by atoms with Gasteiger partial charge in [-0.3, -0.25) is 9.78 Å². The van der Waals surface area contributed by atoms with Gasteiger partial charge in [0.05, 0.1) is 29.9 Å². The van der Waals surface area contributed by atoms with Gasteiger partial charge in [-0.15, -0.1) is 0 Å². The van der Waals surface area contributed by atoms with E-state index in [0.29, 0.717) is 35.0 Å². The molecule has 1 fully saturated rings. The number of aromatic nitrogens is 2. The van der Waals surface area contributed by atoms with Crippen molar-refractivity contribution < 1.29 is 13.9 Å². The maximum atomic E-state index is 13.1. The van der Waals surface area contributed by atoms with Crippen molar-refractivity contribution in [2.24, 2.45) is 11.7 Å². The van der Waals surface area contributed by atoms with E-state index in [2.05, 4.69) is 27.1 Å². The molecule has 0 saturated carbocycles. The number of fused-ring (bicyclic) bond motifs is 1. The summed E-state index contributed by atoms with van der Waals surface area (Å²) in [7, 11) is 0. The summed E-state index contributed by atoms with van der Waals surface area (Å²) >= 11 is 0. The molecule has 0 radical (unpaired) electrons. The summed E-state index contributed by atoms with van der Waals surface area (Å²) in [5.41, 5.74) is 14.7. The second kappa shape index (κ2) is 8.43. The first kappa shape index (κ1) is 20.9. The van der Waals surface area contributed by atoms with Crippen LogP contribution in [0.5, 0.6) is 5.75 Å². The first-order valence-corrected chi connectivity index (χ1v) is 10.4. The zero-order chi connectivity index (χ0) is 22.1. The van der Waals surface area contributed by atoms with Gasteiger partial charge in [-0.05, 0) is 32.3 Å². The van der Waals surface area contributed by atoms with Crippen LogP contribution in [-0.2, 0) is 0 Å². The highest BCUT2D eigenvalue weighted by Crippen LogP contribution is 2.32. The number of carbonyl (C=O) groups excluding carboxylic acids is 1. The Bertz CT molecular complexity index is 1090. The minimum atomic E-state index is -0.412. The van der Waals surface area contributed by atoms with Gasteiger partial charge < -0.3 is 30.8 Å². The quantitative estimate of drug-likeness (QED) is 0.569. The average molecular weight is 425 g/mol. The Morgan fingerprint density at radius 2 is 2.16 bits per heavy atom. The second-order valence-corrected chi connectivity index (χ2v) is 8.38. The van der Waals surface area contributed by atoms with Crippen molar-refractivity contribution in [2.75, 3.05) is 29.0 Å². The molecule has 1 aliphatic rings. The molecule has 4 heterocycles. The number of rotatable bonds is 5. The number of piperidine rings is 1. The number of hydrogen-bond donors (Lipinski definition) is 3. The van der Waals surface area contributed by atoms with Crippen LogP contribution in [0.25, 0.3) is 11.1 Å². The van der Waals surface area contributed by atoms with E-state index in [1.165, 1.54) is 0 Å². The highest BCUT2D eigenvalue weighted by Gasteiger charge is 2.26. The van der Waals surface area contributed by atoms with Crippen LogP contribution in [0.2, 0.25) is 0 Å². The highest BCUT2D eigenvalue weighted by atomic mass is 16.5. The number of nitrogens with two attached hydrogens (primary N) is 2. The fourth-order valence-corrected chi connectivity index (χ4v) is 4.07. The van der Waals surface area contributed by atoms with Crippen molar-refractivity contribution in [1.82, 2.24) is 9.97 Å². The molecule has 3 aromatic rings. The molecule has 9 heteroatoms. The van der Waals surface area contributed by atoms with Gasteiger partial charge in [-0.1, -0.05) is 6.92 Å². The molecule has 0 aromatic carbocycles. The molecule has 2 unspecified atom stereocenters. The smallest absolute Gasteiger partial charge is 0.263 e. The number of amides is 1. The number of nitrogen functional groups attached to an aromatic ring is 1. The summed E-state index contributed by atoms with van der Waals surface area (Å²) in [6, 6.07) is 3.65. The van der Waals surface area contributed by atoms with Crippen molar-refractivity contribution in [3.8, 4) is 5.75 Å². The van der Waals surface area contributed by atoms with Gasteiger partial charge in [-0.2, -0.15) is 0 Å². The zero-order valence-electron chi connectivity index (χ0n) is 18.0. The van der Waals surface area contributed by atoms with E-state index in [4.69, 9.17) is 20.6 Å². The van der Waals surface area contributed by atoms with Crippen molar-refractivity contribution in [3.05, 3.63) is 36.3 Å². The molecule has 0 bridgehead atoms. The van der Waals surface area contributed by atoms with Crippen LogP contribution in [0.3, 0.4) is 0 Å². The van der Waals surface area contributed by atoms with Crippen molar-refractivity contribution in [2.45, 2.75) is 39.3 Å². The zero-order valence-corrected chi connectivity index (χ0v) is 18.0. The van der Waals surface area contributed by atoms with Crippen LogP contribution in [0.1, 0.15) is 37.6 Å². The molecule has 164 valence electrons. The minimum Gasteiger partial charge on any atom is -0.489 e. The van der Waals surface area contributed by atoms with E-state index in [1.54, 1.807) is 24.7 Å². The van der Waals surface area contributed by atoms with Gasteiger partial charge in [-0.25, -0.2) is 4.98 Å². The van der Waals surface area contributed by atoms with E-state index in [9.17, 15) is 4.79 Å². The Balaban J connectivity index is 1.62. The summed E-state index contributed by atoms with van der Waals surface area (Å²) in [5, 5.41) is 2.92. The molecule has 9 nitrogen and oxygen atoms in total. The number of furan rings is 1. The lowest BCUT2D eigenvalue weighted by atomic mass is 9.96. The van der Waals surface area contributed by atoms with Crippen LogP contribution in [0, 0.1) is 5.92 Å². The van der Waals surface area contributed by atoms with Crippen LogP contribution < -0.4 is 26.4 Å². The lowest BCUT2D eigenvalue weighted by Gasteiger charge is -2.37. The fourth-order valence-electron chi connectivity index (χ4n) is 4.07. The van der Waals surface area contributed by atoms with E-state index in [-0.39, 0.29) is 23.6 Å². The first-order valence-electron chi connectivity index (χ1n) is 10.4. The number of hydrogen-bond acceptors (Lipinski definition) is 8. The topological polar surface area (TPSA) is 133 Å². The normalized spacial score (nSPS) is 19.1. The van der Waals surface area contributed by atoms with Gasteiger partial charge in [0.1, 0.15) is 16.8 Å². The molecule has 31 heavy (non-hydrogen) atoms. The number of pyridine rings is 2. The van der Waals surface area contributed by atoms with E-state index < -0.39 is 5.91 Å². The van der Waals surface area contributed by atoms with E-state index in [0.717, 1.165) is 18.7 Å². The number of nitrogens with zero attached hydrogens (tertiary/aromatic N) is 3. The predicted octanol–water partition coefficient (Wildman–Crippen LogP) is 3.02. The third kappa shape index (κ3) is 4.41. The molecule has 1 saturated heterocycles. The standard InChI is InChI=1S/C22H28N6O3/c1-12(2)30-15-7-18-20(26-8-15)19(21(24)31-18)22(29)27-16-9-25-5-4-17(16)28-10-13(3)6-14(23)11-28/h4-5,7-9,12-14H,6,10-11,23-24H2,1-3H3,(H,27,29). The highest BCUT2D eigenvalue weighted by molar-refractivity contribution is 6.15. The summed E-state index contributed by atoms with van der Waals surface area (Å²) in [4.78, 5) is 23.8. The van der Waals surface area contributed by atoms with Crippen LogP contribution in [0.4, 0.5) is 17.3 Å². The van der Waals surface area contributed by atoms with Crippen LogP contribution >= 0.6 is 0 Å². The lowest BCUT2D eigenvalue weighted by Crippen LogP contribution is -2.46. The Hall–Kier alpha value is -3.33. The summed E-state index contributed by atoms with van der Waals surface area (Å²) in [5.74, 6) is 0.597. The fraction of sp³-hybridized carbons (Fsp3) is 0.409. The molecule has 2 atom stereocenters. The van der Waals surface area contributed by atoms with Crippen molar-refractivity contribution >= 4 is 34.3 Å². The molecule has 4 rings (SSSR count). The van der Waals surface area contributed by atoms with Gasteiger partial charge >= 0.3 is 0 Å². The third-order valence-electron chi connectivity index (χ3n) is 5.21. The Morgan fingerprint density at radius 3 is 2.90 bits per heavy atom. The molecule has 0 aliphatic carbocycles. The second-order valence-electron chi connectivity index (χ2n) is 8.38. The molecule has 3 aromatic heterocycles. The van der Waals surface area contributed by atoms with Crippen molar-refractivity contribution in [1.29, 1.82) is 0 Å². The maximum Gasteiger partial charge on any atom is 0.263 e. The van der Waals surface area contributed by atoms with Crippen LogP contribution in [-0.4, -0.2) is 41.1 Å². The predicted molar refractivity (Wildman–Crippen MR) is 120 cm³/mol. The van der Waals surface area contributed by atoms with E-state index >= 15 is 0 Å². The molecular weight excluding hydrogens is 396 g/mol. The monoisotopic (exact) mass is 424 g/mol. The number of ether oxygens (including phenoxy) is 1. The van der Waals surface area contributed by atoms with Crippen molar-refractivity contribution in [3.63, 3.8) is 0 Å². The molecule has 0 spiro atoms. The summed E-state index contributed by atoms with van der Waals surface area (Å²) in [6.07, 6.45) is 5.85. The van der Waals surface area contributed by atoms with Gasteiger partial charge in [0, 0.05) is 31.4 Å². The number of nitrogens with one attached hydrogen (secondary N) is 1. The van der Waals surface area contributed by atoms with Crippen LogP contribution in [0.15, 0.2) is 35.1 Å². The lowest BCUT2D eigenvalue weighted by molar-refractivity contribution is 0.102. The van der Waals surface area contributed by atoms with E-state index in [1.807, 2.05) is 19.9 Å².